The molecule has 0 bridgehead atoms. The Hall–Kier alpha value is -2.37. The van der Waals surface area contributed by atoms with Crippen molar-refractivity contribution in [2.24, 2.45) is 11.3 Å². The van der Waals surface area contributed by atoms with E-state index in [1.54, 1.807) is 24.3 Å². The van der Waals surface area contributed by atoms with Gasteiger partial charge in [0, 0.05) is 11.1 Å². The van der Waals surface area contributed by atoms with Crippen molar-refractivity contribution in [2.75, 3.05) is 11.9 Å². The number of carbonyl (C=O) groups is 3. The molecule has 0 radical (unpaired) electrons. The Morgan fingerprint density at radius 3 is 2.28 bits per heavy atom. The highest BCUT2D eigenvalue weighted by Crippen LogP contribution is 2.40. The largest absolute Gasteiger partial charge is 0.480 e. The minimum Gasteiger partial charge on any atom is -0.480 e. The van der Waals surface area contributed by atoms with E-state index in [9.17, 15) is 14.4 Å². The number of carbonyl (C=O) groups excluding carboxylic acids is 2. The van der Waals surface area contributed by atoms with Gasteiger partial charge in [-0.15, -0.1) is 0 Å². The molecule has 0 heterocycles. The lowest BCUT2D eigenvalue weighted by Crippen LogP contribution is -2.36. The van der Waals surface area contributed by atoms with Crippen LogP contribution in [0.4, 0.5) is 5.69 Å². The van der Waals surface area contributed by atoms with Gasteiger partial charge in [-0.3, -0.25) is 14.4 Å². The monoisotopic (exact) mass is 346 g/mol. The van der Waals surface area contributed by atoms with Crippen molar-refractivity contribution in [2.45, 2.75) is 46.0 Å². The maximum absolute atomic E-state index is 12.6. The first kappa shape index (κ1) is 19.0. The van der Waals surface area contributed by atoms with Crippen molar-refractivity contribution in [1.82, 2.24) is 5.32 Å². The van der Waals surface area contributed by atoms with E-state index in [4.69, 9.17) is 5.11 Å². The highest BCUT2D eigenvalue weighted by Gasteiger charge is 2.38. The molecule has 1 saturated carbocycles. The second kappa shape index (κ2) is 8.14. The number of hydrogen-bond acceptors (Lipinski definition) is 3. The van der Waals surface area contributed by atoms with Crippen molar-refractivity contribution in [3.8, 4) is 0 Å². The fraction of sp³-hybridized carbons (Fsp3) is 0.526. The quantitative estimate of drug-likeness (QED) is 0.707. The second-order valence-electron chi connectivity index (χ2n) is 7.20. The highest BCUT2D eigenvalue weighted by molar-refractivity contribution is 5.95. The summed E-state index contributed by atoms with van der Waals surface area (Å²) >= 11 is 0. The number of carboxylic acid groups (broad SMARTS) is 1. The van der Waals surface area contributed by atoms with Gasteiger partial charge in [0.1, 0.15) is 6.54 Å². The zero-order chi connectivity index (χ0) is 18.4. The first-order chi connectivity index (χ1) is 11.8. The molecule has 0 spiro atoms. The van der Waals surface area contributed by atoms with Crippen LogP contribution in [0.15, 0.2) is 24.3 Å². The smallest absolute Gasteiger partial charge is 0.322 e. The summed E-state index contributed by atoms with van der Waals surface area (Å²) in [5, 5.41) is 13.8. The molecule has 1 aromatic rings. The van der Waals surface area contributed by atoms with Gasteiger partial charge in [-0.25, -0.2) is 0 Å². The lowest BCUT2D eigenvalue weighted by molar-refractivity contribution is -0.137. The SMILES string of the molecule is CC(C)(C(=O)Nc1ccc(CC(=O)NCC(=O)O)cc1)C1CCCC1. The zero-order valence-corrected chi connectivity index (χ0v) is 14.8. The van der Waals surface area contributed by atoms with Gasteiger partial charge in [-0.05, 0) is 36.5 Å². The maximum atomic E-state index is 12.6. The van der Waals surface area contributed by atoms with Gasteiger partial charge in [0.2, 0.25) is 11.8 Å². The molecule has 0 aliphatic heterocycles. The summed E-state index contributed by atoms with van der Waals surface area (Å²) in [6, 6.07) is 7.06. The van der Waals surface area contributed by atoms with E-state index < -0.39 is 11.4 Å². The molecule has 2 amide bonds. The summed E-state index contributed by atoms with van der Waals surface area (Å²) in [6.07, 6.45) is 4.70. The van der Waals surface area contributed by atoms with Crippen LogP contribution in [0, 0.1) is 11.3 Å². The molecular weight excluding hydrogens is 320 g/mol. The Balaban J connectivity index is 1.90. The number of anilines is 1. The lowest BCUT2D eigenvalue weighted by atomic mass is 9.77. The van der Waals surface area contributed by atoms with E-state index in [0.29, 0.717) is 11.6 Å². The van der Waals surface area contributed by atoms with Crippen LogP contribution in [0.3, 0.4) is 0 Å². The summed E-state index contributed by atoms with van der Waals surface area (Å²) in [6.45, 7) is 3.61. The van der Waals surface area contributed by atoms with Crippen molar-refractivity contribution in [3.05, 3.63) is 29.8 Å². The number of rotatable bonds is 7. The summed E-state index contributed by atoms with van der Waals surface area (Å²) in [5.74, 6) is -0.978. The lowest BCUT2D eigenvalue weighted by Gasteiger charge is -2.30. The number of aliphatic carboxylic acids is 1. The fourth-order valence-corrected chi connectivity index (χ4v) is 3.25. The summed E-state index contributed by atoms with van der Waals surface area (Å²) < 4.78 is 0. The molecule has 2 rings (SSSR count). The molecule has 6 nitrogen and oxygen atoms in total. The molecule has 3 N–H and O–H groups in total. The first-order valence-corrected chi connectivity index (χ1v) is 8.68. The number of carboxylic acids is 1. The number of nitrogens with one attached hydrogen (secondary N) is 2. The topological polar surface area (TPSA) is 95.5 Å². The molecule has 0 aromatic heterocycles. The van der Waals surface area contributed by atoms with Crippen LogP contribution >= 0.6 is 0 Å². The predicted molar refractivity (Wildman–Crippen MR) is 95.2 cm³/mol. The van der Waals surface area contributed by atoms with Crippen LogP contribution in [0.2, 0.25) is 0 Å². The van der Waals surface area contributed by atoms with Gasteiger partial charge in [0.05, 0.1) is 6.42 Å². The van der Waals surface area contributed by atoms with E-state index in [2.05, 4.69) is 10.6 Å². The van der Waals surface area contributed by atoms with E-state index in [1.807, 2.05) is 13.8 Å². The Morgan fingerprint density at radius 2 is 1.72 bits per heavy atom. The summed E-state index contributed by atoms with van der Waals surface area (Å²) in [7, 11) is 0. The van der Waals surface area contributed by atoms with Gasteiger partial charge in [0.25, 0.3) is 0 Å². The molecule has 1 fully saturated rings. The van der Waals surface area contributed by atoms with E-state index >= 15 is 0 Å². The Bertz CT molecular complexity index is 631. The van der Waals surface area contributed by atoms with Crippen LogP contribution in [0.1, 0.15) is 45.1 Å². The van der Waals surface area contributed by atoms with Crippen LogP contribution in [0.25, 0.3) is 0 Å². The average Bonchev–Trinajstić information content (AvgIpc) is 3.10. The first-order valence-electron chi connectivity index (χ1n) is 8.68. The molecule has 0 saturated heterocycles. The molecule has 1 aliphatic carbocycles. The third kappa shape index (κ3) is 5.31. The van der Waals surface area contributed by atoms with Crippen LogP contribution in [-0.4, -0.2) is 29.4 Å². The number of benzene rings is 1. The van der Waals surface area contributed by atoms with Crippen LogP contribution in [0.5, 0.6) is 0 Å². The van der Waals surface area contributed by atoms with Gasteiger partial charge < -0.3 is 15.7 Å². The number of hydrogen-bond donors (Lipinski definition) is 3. The highest BCUT2D eigenvalue weighted by atomic mass is 16.4. The predicted octanol–water partition coefficient (Wildman–Crippen LogP) is 2.58. The van der Waals surface area contributed by atoms with E-state index in [-0.39, 0.29) is 24.8 Å². The minimum absolute atomic E-state index is 0.0198. The standard InChI is InChI=1S/C19H26N2O4/c1-19(2,14-5-3-4-6-14)18(25)21-15-9-7-13(8-10-15)11-16(22)20-12-17(23)24/h7-10,14H,3-6,11-12H2,1-2H3,(H,20,22)(H,21,25)(H,23,24). The van der Waals surface area contributed by atoms with E-state index in [0.717, 1.165) is 18.4 Å². The summed E-state index contributed by atoms with van der Waals surface area (Å²) in [4.78, 5) is 34.6. The second-order valence-corrected chi connectivity index (χ2v) is 7.20. The molecule has 25 heavy (non-hydrogen) atoms. The van der Waals surface area contributed by atoms with Gasteiger partial charge >= 0.3 is 5.97 Å². The molecular formula is C19H26N2O4. The van der Waals surface area contributed by atoms with Gasteiger partial charge in [-0.1, -0.05) is 38.8 Å². The average molecular weight is 346 g/mol. The minimum atomic E-state index is -1.07. The third-order valence-corrected chi connectivity index (χ3v) is 4.97. The van der Waals surface area contributed by atoms with Gasteiger partial charge in [0.15, 0.2) is 0 Å². The molecule has 0 atom stereocenters. The molecule has 1 aliphatic rings. The van der Waals surface area contributed by atoms with Crippen LogP contribution in [-0.2, 0) is 20.8 Å². The molecule has 1 aromatic carbocycles. The van der Waals surface area contributed by atoms with E-state index in [1.165, 1.54) is 12.8 Å². The number of amides is 2. The van der Waals surface area contributed by atoms with Crippen LogP contribution < -0.4 is 10.6 Å². The fourth-order valence-electron chi connectivity index (χ4n) is 3.25. The van der Waals surface area contributed by atoms with Crippen molar-refractivity contribution < 1.29 is 19.5 Å². The normalized spacial score (nSPS) is 15.0. The molecule has 136 valence electrons. The van der Waals surface area contributed by atoms with Crippen molar-refractivity contribution >= 4 is 23.5 Å². The third-order valence-electron chi connectivity index (χ3n) is 4.97. The summed E-state index contributed by atoms with van der Waals surface area (Å²) in [5.41, 5.74) is 1.06. The van der Waals surface area contributed by atoms with Crippen molar-refractivity contribution in [3.63, 3.8) is 0 Å². The van der Waals surface area contributed by atoms with Crippen molar-refractivity contribution in [1.29, 1.82) is 0 Å². The maximum Gasteiger partial charge on any atom is 0.322 e. The Kier molecular flexibility index (Phi) is 6.17. The Morgan fingerprint density at radius 1 is 1.12 bits per heavy atom. The molecule has 0 unspecified atom stereocenters. The zero-order valence-electron chi connectivity index (χ0n) is 14.8. The van der Waals surface area contributed by atoms with Gasteiger partial charge in [-0.2, -0.15) is 0 Å². The molecule has 6 heteroatoms. The Labute approximate surface area is 148 Å².